The number of amides is 3. The lowest BCUT2D eigenvalue weighted by Gasteiger charge is -2.37. The zero-order chi connectivity index (χ0) is 32.5. The number of anilines is 2. The molecule has 4 aliphatic rings. The smallest absolute Gasteiger partial charge is 0.328 e. The number of carbonyl (C=O) groups excluding carboxylic acids is 5. The van der Waals surface area contributed by atoms with Crippen molar-refractivity contribution in [3.8, 4) is 0 Å². The van der Waals surface area contributed by atoms with Gasteiger partial charge in [0.25, 0.3) is 0 Å². The van der Waals surface area contributed by atoms with Crippen LogP contribution in [0.1, 0.15) is 68.2 Å². The van der Waals surface area contributed by atoms with Gasteiger partial charge in [-0.25, -0.2) is 14.8 Å². The Morgan fingerprint density at radius 3 is 1.67 bits per heavy atom. The van der Waals surface area contributed by atoms with Crippen LogP contribution in [-0.4, -0.2) is 68.3 Å². The Labute approximate surface area is 261 Å². The summed E-state index contributed by atoms with van der Waals surface area (Å²) in [7, 11) is 0. The van der Waals surface area contributed by atoms with Gasteiger partial charge in [-0.15, -0.1) is 0 Å². The van der Waals surface area contributed by atoms with E-state index in [4.69, 9.17) is 5.11 Å². The number of pyridine rings is 2. The van der Waals surface area contributed by atoms with Crippen molar-refractivity contribution in [1.82, 2.24) is 14.9 Å². The van der Waals surface area contributed by atoms with Crippen molar-refractivity contribution in [3.05, 3.63) is 58.9 Å². The topological polar surface area (TPSA) is 176 Å². The Bertz CT molecular complexity index is 1550. The van der Waals surface area contributed by atoms with Gasteiger partial charge in [0, 0.05) is 56.4 Å². The van der Waals surface area contributed by atoms with Crippen LogP contribution in [0.15, 0.2) is 36.7 Å². The predicted molar refractivity (Wildman–Crippen MR) is 167 cm³/mol. The molecule has 3 N–H and O–H groups in total. The molecule has 0 radical (unpaired) electrons. The van der Waals surface area contributed by atoms with Gasteiger partial charge < -0.3 is 20.6 Å². The van der Waals surface area contributed by atoms with Crippen molar-refractivity contribution in [1.29, 1.82) is 0 Å². The van der Waals surface area contributed by atoms with E-state index in [2.05, 4.69) is 20.6 Å². The zero-order valence-electron chi connectivity index (χ0n) is 25.4. The van der Waals surface area contributed by atoms with Gasteiger partial charge in [0.15, 0.2) is 0 Å². The summed E-state index contributed by atoms with van der Waals surface area (Å²) in [4.78, 5) is 76.1. The summed E-state index contributed by atoms with van der Waals surface area (Å²) in [5.74, 6) is 0.988. The number of rotatable bonds is 6. The lowest BCUT2D eigenvalue weighted by molar-refractivity contribution is -0.137. The molecule has 45 heavy (non-hydrogen) atoms. The minimum atomic E-state index is -0.994. The number of carboxylic acids is 1. The quantitative estimate of drug-likeness (QED) is 0.411. The Kier molecular flexibility index (Phi) is 11.1. The fourth-order valence-electron chi connectivity index (χ4n) is 4.90. The molecule has 6 rings (SSSR count). The van der Waals surface area contributed by atoms with Crippen molar-refractivity contribution >= 4 is 59.0 Å². The lowest BCUT2D eigenvalue weighted by Crippen LogP contribution is -2.51. The normalized spacial score (nSPS) is 17.2. The average Bonchev–Trinajstić information content (AvgIpc) is 2.93. The van der Waals surface area contributed by atoms with Crippen molar-refractivity contribution in [3.63, 3.8) is 0 Å². The number of likely N-dealkylation sites (tertiary alicyclic amines) is 1. The zero-order valence-corrected chi connectivity index (χ0v) is 25.4. The maximum absolute atomic E-state index is 11.9. The summed E-state index contributed by atoms with van der Waals surface area (Å²) in [5.41, 5.74) is 3.46. The van der Waals surface area contributed by atoms with Crippen LogP contribution in [0.4, 0.5) is 11.6 Å². The summed E-state index contributed by atoms with van der Waals surface area (Å²) in [6.07, 6.45) is 14.7. The van der Waals surface area contributed by atoms with Crippen LogP contribution in [0.5, 0.6) is 0 Å². The van der Waals surface area contributed by atoms with Gasteiger partial charge in [0.1, 0.15) is 23.2 Å². The molecule has 236 valence electrons. The van der Waals surface area contributed by atoms with Gasteiger partial charge in [-0.2, -0.15) is 0 Å². The number of nitrogens with zero attached hydrogens (tertiary/aromatic N) is 3. The van der Waals surface area contributed by atoms with Crippen LogP contribution in [0.3, 0.4) is 0 Å². The number of nitrogens with one attached hydrogen (secondary N) is 2. The molecule has 3 aliphatic heterocycles. The molecule has 12 heteroatoms. The number of aryl methyl sites for hydroxylation is 2. The number of carbonyl (C=O) groups is 6. The number of fused-ring (bicyclic) bond motifs is 2. The molecule has 0 atom stereocenters. The second-order valence-electron chi connectivity index (χ2n) is 11.4. The number of aromatic nitrogens is 2. The SMILES string of the molecule is CC(=O)C1CCC1.CC(=O)C1CN(C(=O)/C=C/c2cnc3c(c2)CCC(=O)N3)C1.O=C(O)/C=C/c1cnc2c(c1)CCC(=O)N2. The van der Waals surface area contributed by atoms with Crippen molar-refractivity contribution in [2.75, 3.05) is 23.7 Å². The van der Waals surface area contributed by atoms with Crippen LogP contribution in [-0.2, 0) is 41.6 Å². The molecule has 0 spiro atoms. The number of hydrogen-bond acceptors (Lipinski definition) is 8. The van der Waals surface area contributed by atoms with E-state index in [0.29, 0.717) is 62.1 Å². The van der Waals surface area contributed by atoms with E-state index in [0.717, 1.165) is 41.2 Å². The highest BCUT2D eigenvalue weighted by Gasteiger charge is 2.32. The van der Waals surface area contributed by atoms with Gasteiger partial charge in [0.2, 0.25) is 17.7 Å². The Hall–Kier alpha value is -5.00. The third kappa shape index (κ3) is 9.49. The highest BCUT2D eigenvalue weighted by Crippen LogP contribution is 2.26. The molecule has 0 unspecified atom stereocenters. The first-order valence-electron chi connectivity index (χ1n) is 14.9. The first-order chi connectivity index (χ1) is 21.5. The van der Waals surface area contributed by atoms with E-state index in [1.54, 1.807) is 31.0 Å². The summed E-state index contributed by atoms with van der Waals surface area (Å²) in [6.45, 7) is 4.25. The van der Waals surface area contributed by atoms with Gasteiger partial charge in [-0.3, -0.25) is 24.0 Å². The lowest BCUT2D eigenvalue weighted by atomic mass is 9.83. The summed E-state index contributed by atoms with van der Waals surface area (Å²) in [5, 5.41) is 13.9. The van der Waals surface area contributed by atoms with Crippen molar-refractivity contribution in [2.24, 2.45) is 11.8 Å². The molecule has 5 heterocycles. The molecular weight excluding hydrogens is 578 g/mol. The van der Waals surface area contributed by atoms with Crippen molar-refractivity contribution in [2.45, 2.75) is 58.8 Å². The molecule has 12 nitrogen and oxygen atoms in total. The van der Waals surface area contributed by atoms with E-state index in [1.165, 1.54) is 24.8 Å². The van der Waals surface area contributed by atoms with Gasteiger partial charge in [-0.05, 0) is 86.1 Å². The molecule has 1 saturated heterocycles. The largest absolute Gasteiger partial charge is 0.478 e. The summed E-state index contributed by atoms with van der Waals surface area (Å²) < 4.78 is 0. The maximum atomic E-state index is 11.9. The number of hydrogen-bond donors (Lipinski definition) is 3. The molecule has 2 aromatic heterocycles. The minimum absolute atomic E-state index is 0.00799. The van der Waals surface area contributed by atoms with Gasteiger partial charge >= 0.3 is 5.97 Å². The standard InChI is InChI=1S/C16H17N3O3.C11H10N2O3.C6H10O/c1-10(20)13-8-19(9-13)15(22)5-2-11-6-12-3-4-14(21)18-16(12)17-7-11;14-9-3-2-8-5-7(1-4-10(15)16)6-12-11(8)13-9;1-5(7)6-3-2-4-6/h2,5-7,13H,3-4,8-9H2,1H3,(H,17,18,21);1,4-6H,2-3H2,(H,15,16)(H,12,13,14);6H,2-4H2,1H3/b5-2+;4-1+;. The first kappa shape index (κ1) is 32.9. The third-order valence-corrected chi connectivity index (χ3v) is 8.02. The number of Topliss-reactive ketones (excluding diaryl/α,β-unsaturated/α-hetero) is 2. The van der Waals surface area contributed by atoms with Crippen LogP contribution >= 0.6 is 0 Å². The minimum Gasteiger partial charge on any atom is -0.478 e. The van der Waals surface area contributed by atoms with E-state index in [-0.39, 0.29) is 29.4 Å². The highest BCUT2D eigenvalue weighted by molar-refractivity contribution is 5.95. The maximum Gasteiger partial charge on any atom is 0.328 e. The summed E-state index contributed by atoms with van der Waals surface area (Å²) in [6, 6.07) is 3.77. The van der Waals surface area contributed by atoms with Crippen LogP contribution < -0.4 is 10.6 Å². The first-order valence-corrected chi connectivity index (χ1v) is 14.9. The molecule has 1 saturated carbocycles. The number of aliphatic carboxylic acids is 1. The van der Waals surface area contributed by atoms with Gasteiger partial charge in [0.05, 0.1) is 5.92 Å². The van der Waals surface area contributed by atoms with E-state index < -0.39 is 5.97 Å². The molecule has 1 aliphatic carbocycles. The second-order valence-corrected chi connectivity index (χ2v) is 11.4. The molecule has 2 fully saturated rings. The average molecular weight is 616 g/mol. The monoisotopic (exact) mass is 615 g/mol. The van der Waals surface area contributed by atoms with E-state index in [1.807, 2.05) is 12.1 Å². The third-order valence-electron chi connectivity index (χ3n) is 8.02. The van der Waals surface area contributed by atoms with Crippen LogP contribution in [0.2, 0.25) is 0 Å². The fourth-order valence-corrected chi connectivity index (χ4v) is 4.90. The van der Waals surface area contributed by atoms with Crippen LogP contribution in [0, 0.1) is 11.8 Å². The van der Waals surface area contributed by atoms with E-state index in [9.17, 15) is 28.8 Å². The molecule has 2 aromatic rings. The Morgan fingerprint density at radius 1 is 0.778 bits per heavy atom. The Morgan fingerprint density at radius 2 is 1.27 bits per heavy atom. The van der Waals surface area contributed by atoms with Crippen molar-refractivity contribution < 1.29 is 33.9 Å². The second kappa shape index (κ2) is 15.1. The fraction of sp³-hybridized carbons (Fsp3) is 0.394. The predicted octanol–water partition coefficient (Wildman–Crippen LogP) is 3.47. The highest BCUT2D eigenvalue weighted by atomic mass is 16.4. The number of ketones is 2. The van der Waals surface area contributed by atoms with Gasteiger partial charge in [-0.1, -0.05) is 6.42 Å². The molecule has 0 bridgehead atoms. The molecule has 0 aromatic carbocycles. The van der Waals surface area contributed by atoms with Crippen LogP contribution in [0.25, 0.3) is 12.2 Å². The number of carboxylic acid groups (broad SMARTS) is 1. The van der Waals surface area contributed by atoms with E-state index >= 15 is 0 Å². The molecule has 3 amide bonds. The Balaban J connectivity index is 0.000000174. The summed E-state index contributed by atoms with van der Waals surface area (Å²) >= 11 is 0. The molecular formula is C33H37N5O7.